The van der Waals surface area contributed by atoms with Crippen LogP contribution in [0.25, 0.3) is 21.5 Å². The first-order chi connectivity index (χ1) is 17.9. The van der Waals surface area contributed by atoms with Gasteiger partial charge in [0.15, 0.2) is 5.13 Å². The van der Waals surface area contributed by atoms with E-state index in [1.165, 1.54) is 16.9 Å². The maximum absolute atomic E-state index is 6.19. The van der Waals surface area contributed by atoms with Crippen molar-refractivity contribution in [2.45, 2.75) is 53.6 Å². The lowest BCUT2D eigenvalue weighted by Gasteiger charge is -2.27. The highest BCUT2D eigenvalue weighted by Crippen LogP contribution is 2.35. The molecule has 0 aliphatic carbocycles. The van der Waals surface area contributed by atoms with E-state index in [9.17, 15) is 0 Å². The predicted octanol–water partition coefficient (Wildman–Crippen LogP) is 5.40. The second-order valence-corrected chi connectivity index (χ2v) is 10.8. The Morgan fingerprint density at radius 2 is 1.92 bits per heavy atom. The van der Waals surface area contributed by atoms with Crippen LogP contribution < -0.4 is 15.4 Å². The minimum atomic E-state index is 0.316. The molecule has 0 saturated heterocycles. The van der Waals surface area contributed by atoms with Crippen molar-refractivity contribution in [3.05, 3.63) is 53.1 Å². The van der Waals surface area contributed by atoms with E-state index in [0.717, 1.165) is 76.3 Å². The number of anilines is 2. The molecule has 0 saturated carbocycles. The molecule has 0 amide bonds. The normalized spacial score (nSPS) is 13.8. The molecule has 0 radical (unpaired) electrons. The van der Waals surface area contributed by atoms with E-state index in [2.05, 4.69) is 78.7 Å². The molecule has 4 aromatic rings. The summed E-state index contributed by atoms with van der Waals surface area (Å²) >= 11 is 1.41. The maximum atomic E-state index is 6.19. The third-order valence-electron chi connectivity index (χ3n) is 6.94. The van der Waals surface area contributed by atoms with E-state index >= 15 is 0 Å². The zero-order valence-electron chi connectivity index (χ0n) is 22.3. The number of thiazole rings is 1. The Hall–Kier alpha value is -3.30. The van der Waals surface area contributed by atoms with Gasteiger partial charge in [0.05, 0.1) is 13.1 Å². The molecule has 194 valence electrons. The Morgan fingerprint density at radius 1 is 1.11 bits per heavy atom. The van der Waals surface area contributed by atoms with E-state index < -0.39 is 0 Å². The first-order valence-electron chi connectivity index (χ1n) is 13.0. The SMILES string of the molecule is CCN(CC)Cc1nc(C)c(C(C)C)c(N2CCOc3ccc(-c4cnc5sc(N)nc5c4)cc3C2)n1. The van der Waals surface area contributed by atoms with Gasteiger partial charge in [0.1, 0.15) is 34.3 Å². The number of benzene rings is 1. The Balaban J connectivity index is 1.51. The lowest BCUT2D eigenvalue weighted by atomic mass is 10.0. The average molecular weight is 518 g/mol. The fraction of sp³-hybridized carbons (Fsp3) is 0.429. The van der Waals surface area contributed by atoms with Crippen molar-refractivity contribution in [2.24, 2.45) is 0 Å². The highest BCUT2D eigenvalue weighted by molar-refractivity contribution is 7.21. The summed E-state index contributed by atoms with van der Waals surface area (Å²) in [5.41, 5.74) is 12.2. The molecule has 2 N–H and O–H groups in total. The summed E-state index contributed by atoms with van der Waals surface area (Å²) in [5.74, 6) is 3.13. The van der Waals surface area contributed by atoms with Gasteiger partial charge in [-0.25, -0.2) is 19.9 Å². The summed E-state index contributed by atoms with van der Waals surface area (Å²) in [4.78, 5) is 24.6. The van der Waals surface area contributed by atoms with Gasteiger partial charge in [-0.2, -0.15) is 0 Å². The summed E-state index contributed by atoms with van der Waals surface area (Å²) < 4.78 is 6.19. The molecule has 0 unspecified atom stereocenters. The molecule has 3 aromatic heterocycles. The monoisotopic (exact) mass is 517 g/mol. The third kappa shape index (κ3) is 5.24. The number of aromatic nitrogens is 4. The fourth-order valence-electron chi connectivity index (χ4n) is 5.01. The first kappa shape index (κ1) is 25.4. The van der Waals surface area contributed by atoms with Crippen molar-refractivity contribution in [1.82, 2.24) is 24.8 Å². The topological polar surface area (TPSA) is 93.3 Å². The molecule has 9 heteroatoms. The van der Waals surface area contributed by atoms with Gasteiger partial charge in [-0.1, -0.05) is 45.1 Å². The molecule has 5 rings (SSSR count). The van der Waals surface area contributed by atoms with Gasteiger partial charge in [0, 0.05) is 35.1 Å². The summed E-state index contributed by atoms with van der Waals surface area (Å²) in [7, 11) is 0. The van der Waals surface area contributed by atoms with Crippen molar-refractivity contribution in [1.29, 1.82) is 0 Å². The number of fused-ring (bicyclic) bond motifs is 2. The van der Waals surface area contributed by atoms with E-state index in [4.69, 9.17) is 20.4 Å². The largest absolute Gasteiger partial charge is 0.491 e. The number of nitrogen functional groups attached to an aromatic ring is 1. The second kappa shape index (κ2) is 10.6. The van der Waals surface area contributed by atoms with Crippen molar-refractivity contribution in [3.8, 4) is 16.9 Å². The zero-order chi connectivity index (χ0) is 26.1. The zero-order valence-corrected chi connectivity index (χ0v) is 23.1. The van der Waals surface area contributed by atoms with Crippen LogP contribution in [0.5, 0.6) is 5.75 Å². The van der Waals surface area contributed by atoms with Crippen molar-refractivity contribution < 1.29 is 4.74 Å². The highest BCUT2D eigenvalue weighted by Gasteiger charge is 2.24. The molecule has 37 heavy (non-hydrogen) atoms. The summed E-state index contributed by atoms with van der Waals surface area (Å²) in [6.07, 6.45) is 1.89. The first-order valence-corrected chi connectivity index (χ1v) is 13.8. The predicted molar refractivity (Wildman–Crippen MR) is 151 cm³/mol. The summed E-state index contributed by atoms with van der Waals surface area (Å²) in [5, 5.41) is 0.534. The minimum Gasteiger partial charge on any atom is -0.491 e. The van der Waals surface area contributed by atoms with Crippen molar-refractivity contribution in [2.75, 3.05) is 36.9 Å². The van der Waals surface area contributed by atoms with E-state index in [1.54, 1.807) is 0 Å². The molecule has 1 aromatic carbocycles. The summed E-state index contributed by atoms with van der Waals surface area (Å²) in [6.45, 7) is 15.7. The lowest BCUT2D eigenvalue weighted by molar-refractivity contribution is 0.288. The average Bonchev–Trinajstić information content (AvgIpc) is 3.12. The molecular formula is C28H35N7OS. The van der Waals surface area contributed by atoms with Gasteiger partial charge in [0.2, 0.25) is 0 Å². The number of hydrogen-bond donors (Lipinski definition) is 1. The second-order valence-electron chi connectivity index (χ2n) is 9.77. The van der Waals surface area contributed by atoms with Gasteiger partial charge in [-0.3, -0.25) is 4.90 Å². The maximum Gasteiger partial charge on any atom is 0.182 e. The molecule has 1 aliphatic rings. The molecule has 1 aliphatic heterocycles. The van der Waals surface area contributed by atoms with Crippen LogP contribution in [0, 0.1) is 6.92 Å². The fourth-order valence-corrected chi connectivity index (χ4v) is 5.67. The smallest absolute Gasteiger partial charge is 0.182 e. The Labute approximate surface area is 222 Å². The number of rotatable bonds is 7. The molecule has 0 spiro atoms. The van der Waals surface area contributed by atoms with Crippen LogP contribution in [0.15, 0.2) is 30.5 Å². The quantitative estimate of drug-likeness (QED) is 0.348. The van der Waals surface area contributed by atoms with Crippen LogP contribution in [0.2, 0.25) is 0 Å². The van der Waals surface area contributed by atoms with Crippen LogP contribution in [-0.2, 0) is 13.1 Å². The van der Waals surface area contributed by atoms with Gasteiger partial charge in [-0.15, -0.1) is 0 Å². The van der Waals surface area contributed by atoms with Gasteiger partial charge < -0.3 is 15.4 Å². The van der Waals surface area contributed by atoms with Crippen molar-refractivity contribution in [3.63, 3.8) is 0 Å². The van der Waals surface area contributed by atoms with Crippen LogP contribution in [0.4, 0.5) is 10.9 Å². The number of aryl methyl sites for hydroxylation is 1. The van der Waals surface area contributed by atoms with Gasteiger partial charge in [-0.05, 0) is 49.7 Å². The molecule has 8 nitrogen and oxygen atoms in total. The molecular weight excluding hydrogens is 482 g/mol. The Bertz CT molecular complexity index is 1410. The standard InChI is InChI=1S/C28H35N7OS/c1-6-34(7-2)16-24-31-18(5)25(17(3)4)26(33-24)35-10-11-36-23-9-8-19(12-21(23)15-35)20-13-22-27(30-14-20)37-28(29)32-22/h8-9,12-14,17H,6-7,10-11,15-16H2,1-5H3,(H2,29,32). The van der Waals surface area contributed by atoms with Crippen LogP contribution in [0.1, 0.15) is 56.3 Å². The third-order valence-corrected chi connectivity index (χ3v) is 7.74. The molecule has 0 atom stereocenters. The highest BCUT2D eigenvalue weighted by atomic mass is 32.1. The lowest BCUT2D eigenvalue weighted by Crippen LogP contribution is -2.30. The Morgan fingerprint density at radius 3 is 2.68 bits per heavy atom. The van der Waals surface area contributed by atoms with Crippen molar-refractivity contribution >= 4 is 32.6 Å². The molecule has 0 bridgehead atoms. The molecule has 0 fully saturated rings. The van der Waals surface area contributed by atoms with Crippen LogP contribution in [0.3, 0.4) is 0 Å². The number of hydrogen-bond acceptors (Lipinski definition) is 9. The summed E-state index contributed by atoms with van der Waals surface area (Å²) in [6, 6.07) is 8.40. The molecule has 4 heterocycles. The van der Waals surface area contributed by atoms with Crippen LogP contribution >= 0.6 is 11.3 Å². The van der Waals surface area contributed by atoms with E-state index in [1.807, 2.05) is 6.20 Å². The van der Waals surface area contributed by atoms with Crippen LogP contribution in [-0.4, -0.2) is 51.1 Å². The Kier molecular flexibility index (Phi) is 7.26. The number of ether oxygens (including phenoxy) is 1. The van der Waals surface area contributed by atoms with Gasteiger partial charge >= 0.3 is 0 Å². The van der Waals surface area contributed by atoms with Gasteiger partial charge in [0.25, 0.3) is 0 Å². The number of pyridine rings is 1. The minimum absolute atomic E-state index is 0.316. The van der Waals surface area contributed by atoms with E-state index in [0.29, 0.717) is 24.2 Å². The number of nitrogens with two attached hydrogens (primary N) is 1. The number of nitrogens with zero attached hydrogens (tertiary/aromatic N) is 6. The van der Waals surface area contributed by atoms with E-state index in [-0.39, 0.29) is 0 Å².